The van der Waals surface area contributed by atoms with Crippen LogP contribution in [0.4, 0.5) is 17.1 Å². The third-order valence-electron chi connectivity index (χ3n) is 7.33. The summed E-state index contributed by atoms with van der Waals surface area (Å²) in [6.07, 6.45) is -0.277. The van der Waals surface area contributed by atoms with E-state index in [9.17, 15) is 9.59 Å². The molecule has 9 heteroatoms. The maximum Gasteiger partial charge on any atom is 0.295 e. The van der Waals surface area contributed by atoms with Gasteiger partial charge in [-0.25, -0.2) is 0 Å². The minimum atomic E-state index is -0.354. The van der Waals surface area contributed by atoms with Crippen LogP contribution < -0.4 is 10.2 Å². The first-order valence-electron chi connectivity index (χ1n) is 14.1. The molecule has 5 aromatic rings. The van der Waals surface area contributed by atoms with Crippen LogP contribution in [0, 0.1) is 4.84 Å². The number of aromatic nitrogens is 2. The Morgan fingerprint density at radius 1 is 0.857 bits per heavy atom. The first kappa shape index (κ1) is 28.9. The van der Waals surface area contributed by atoms with Crippen molar-refractivity contribution in [2.45, 2.75) is 27.2 Å². The molecule has 8 nitrogen and oxygen atoms in total. The highest BCUT2D eigenvalue weighted by Gasteiger charge is 2.30. The number of hydrogen-bond acceptors (Lipinski definition) is 6. The molecule has 0 atom stereocenters. The van der Waals surface area contributed by atoms with Gasteiger partial charge < -0.3 is 14.7 Å². The van der Waals surface area contributed by atoms with E-state index in [0.29, 0.717) is 28.5 Å². The first-order valence-corrected chi connectivity index (χ1v) is 14.5. The summed E-state index contributed by atoms with van der Waals surface area (Å²) in [5, 5.41) is 8.77. The van der Waals surface area contributed by atoms with Gasteiger partial charge in [0.1, 0.15) is 6.42 Å². The predicted octanol–water partition coefficient (Wildman–Crippen LogP) is 7.57. The number of rotatable bonds is 6. The van der Waals surface area contributed by atoms with Gasteiger partial charge in [-0.3, -0.25) is 19.5 Å². The van der Waals surface area contributed by atoms with Crippen LogP contribution in [-0.4, -0.2) is 46.5 Å². The normalized spacial score (nSPS) is 12.9. The highest BCUT2D eigenvalue weighted by Crippen LogP contribution is 2.44. The van der Waals surface area contributed by atoms with E-state index in [1.54, 1.807) is 4.90 Å². The minimum Gasteiger partial charge on any atom is -0.324 e. The SMILES string of the molecule is CCN(CC)CC.O=C1CC(=O)N(c2cccc(-c3noc(=S)[nH]3)c2)c2cc(-c3ccccc3)c3ccccc3c2N1. The zero-order valence-electron chi connectivity index (χ0n) is 23.9. The van der Waals surface area contributed by atoms with E-state index < -0.39 is 0 Å². The van der Waals surface area contributed by atoms with Crippen LogP contribution >= 0.6 is 12.2 Å². The van der Waals surface area contributed by atoms with E-state index >= 15 is 0 Å². The molecule has 2 amide bonds. The van der Waals surface area contributed by atoms with Crippen LogP contribution in [0.1, 0.15) is 27.2 Å². The molecule has 214 valence electrons. The second kappa shape index (κ2) is 12.9. The fraction of sp³-hybridized carbons (Fsp3) is 0.212. The van der Waals surface area contributed by atoms with Crippen molar-refractivity contribution >= 4 is 51.9 Å². The Bertz CT molecular complexity index is 1770. The lowest BCUT2D eigenvalue weighted by Crippen LogP contribution is -2.26. The van der Waals surface area contributed by atoms with Crippen LogP contribution in [0.3, 0.4) is 0 Å². The number of fused-ring (bicyclic) bond motifs is 3. The number of aromatic amines is 1. The van der Waals surface area contributed by atoms with Gasteiger partial charge in [0, 0.05) is 16.6 Å². The van der Waals surface area contributed by atoms with Crippen molar-refractivity contribution in [3.05, 3.63) is 89.8 Å². The highest BCUT2D eigenvalue weighted by atomic mass is 32.1. The molecule has 0 radical (unpaired) electrons. The van der Waals surface area contributed by atoms with E-state index in [-0.39, 0.29) is 23.1 Å². The van der Waals surface area contributed by atoms with Gasteiger partial charge in [-0.2, -0.15) is 0 Å². The molecule has 1 aromatic heterocycles. The number of nitrogens with zero attached hydrogens (tertiary/aromatic N) is 3. The van der Waals surface area contributed by atoms with Gasteiger partial charge in [0.2, 0.25) is 11.8 Å². The van der Waals surface area contributed by atoms with Crippen molar-refractivity contribution in [2.24, 2.45) is 0 Å². The second-order valence-corrected chi connectivity index (χ2v) is 10.2. The van der Waals surface area contributed by atoms with Crippen LogP contribution in [0.15, 0.2) is 89.5 Å². The van der Waals surface area contributed by atoms with Crippen molar-refractivity contribution < 1.29 is 14.1 Å². The van der Waals surface area contributed by atoms with Gasteiger partial charge in [0.15, 0.2) is 5.82 Å². The molecule has 0 unspecified atom stereocenters. The number of benzene rings is 4. The monoisotopic (exact) mass is 579 g/mol. The van der Waals surface area contributed by atoms with E-state index in [4.69, 9.17) is 16.7 Å². The number of hydrogen-bond donors (Lipinski definition) is 2. The number of nitrogens with one attached hydrogen (secondary N) is 2. The number of carbonyl (C=O) groups is 2. The van der Waals surface area contributed by atoms with Crippen LogP contribution in [-0.2, 0) is 9.59 Å². The molecule has 0 saturated carbocycles. The molecule has 1 aliphatic heterocycles. The van der Waals surface area contributed by atoms with Gasteiger partial charge in [0.25, 0.3) is 4.84 Å². The Balaban J connectivity index is 0.000000451. The lowest BCUT2D eigenvalue weighted by molar-refractivity contribution is -0.124. The molecule has 0 bridgehead atoms. The molecule has 0 spiro atoms. The third-order valence-corrected chi connectivity index (χ3v) is 7.51. The van der Waals surface area contributed by atoms with Gasteiger partial charge in [-0.1, -0.05) is 92.7 Å². The minimum absolute atomic E-state index is 0.162. The average molecular weight is 580 g/mol. The Morgan fingerprint density at radius 2 is 1.52 bits per heavy atom. The summed E-state index contributed by atoms with van der Waals surface area (Å²) in [6.45, 7) is 10.1. The van der Waals surface area contributed by atoms with E-state index in [2.05, 4.69) is 41.1 Å². The van der Waals surface area contributed by atoms with Crippen molar-refractivity contribution in [1.82, 2.24) is 15.0 Å². The standard InChI is InChI=1S/C27H18N4O3S.C6H15N/c32-23-15-24(33)31(18-10-6-9-17(13-18)26-29-27(35)34-30-26)22-14-21(16-7-2-1-3-8-16)19-11-4-5-12-20(19)25(22)28-23;1-4-7(5-2)6-3/h1-14H,15H2,(H,28,32)(H,29,30,35);4-6H2,1-3H3. The Labute approximate surface area is 250 Å². The second-order valence-electron chi connectivity index (χ2n) is 9.80. The largest absolute Gasteiger partial charge is 0.324 e. The first-order chi connectivity index (χ1) is 20.4. The zero-order chi connectivity index (χ0) is 29.6. The smallest absolute Gasteiger partial charge is 0.295 e. The van der Waals surface area contributed by atoms with E-state index in [1.807, 2.05) is 84.9 Å². The molecule has 4 aromatic carbocycles. The third kappa shape index (κ3) is 6.02. The van der Waals surface area contributed by atoms with Crippen molar-refractivity contribution in [2.75, 3.05) is 29.9 Å². The van der Waals surface area contributed by atoms with E-state index in [0.717, 1.165) is 21.9 Å². The molecule has 42 heavy (non-hydrogen) atoms. The summed E-state index contributed by atoms with van der Waals surface area (Å²) in [6, 6.07) is 27.1. The van der Waals surface area contributed by atoms with Crippen molar-refractivity contribution in [1.29, 1.82) is 0 Å². The lowest BCUT2D eigenvalue weighted by Gasteiger charge is -2.25. The van der Waals surface area contributed by atoms with E-state index in [1.165, 1.54) is 19.6 Å². The zero-order valence-corrected chi connectivity index (χ0v) is 24.7. The van der Waals surface area contributed by atoms with Gasteiger partial charge in [0.05, 0.1) is 11.4 Å². The number of H-pyrrole nitrogens is 1. The molecule has 6 rings (SSSR count). The predicted molar refractivity (Wildman–Crippen MR) is 170 cm³/mol. The molecule has 2 N–H and O–H groups in total. The summed E-state index contributed by atoms with van der Waals surface area (Å²) in [7, 11) is 0. The van der Waals surface area contributed by atoms with Gasteiger partial charge >= 0.3 is 0 Å². The van der Waals surface area contributed by atoms with Crippen LogP contribution in [0.25, 0.3) is 33.3 Å². The number of anilines is 3. The topological polar surface area (TPSA) is 94.5 Å². The summed E-state index contributed by atoms with van der Waals surface area (Å²) >= 11 is 5.00. The highest BCUT2D eigenvalue weighted by molar-refractivity contribution is 7.71. The average Bonchev–Trinajstić information content (AvgIpc) is 3.40. The Kier molecular flexibility index (Phi) is 8.90. The van der Waals surface area contributed by atoms with Crippen LogP contribution in [0.5, 0.6) is 0 Å². The summed E-state index contributed by atoms with van der Waals surface area (Å²) in [5.41, 5.74) is 4.47. The maximum atomic E-state index is 13.4. The fourth-order valence-corrected chi connectivity index (χ4v) is 5.29. The summed E-state index contributed by atoms with van der Waals surface area (Å²) < 4.78 is 5.00. The van der Waals surface area contributed by atoms with Crippen molar-refractivity contribution in [3.8, 4) is 22.5 Å². The quantitative estimate of drug-likeness (QED) is 0.159. The molecule has 0 fully saturated rings. The fourth-order valence-electron chi connectivity index (χ4n) is 5.16. The molecule has 0 aliphatic carbocycles. The summed E-state index contributed by atoms with van der Waals surface area (Å²) in [4.78, 5) is 33.2. The number of carbonyl (C=O) groups excluding carboxylic acids is 2. The molecular weight excluding hydrogens is 546 g/mol. The summed E-state index contributed by atoms with van der Waals surface area (Å²) in [5.74, 6) is -0.231. The van der Waals surface area contributed by atoms with Crippen molar-refractivity contribution in [3.63, 3.8) is 0 Å². The molecule has 0 saturated heterocycles. The van der Waals surface area contributed by atoms with Gasteiger partial charge in [-0.05, 0) is 66.6 Å². The van der Waals surface area contributed by atoms with Gasteiger partial charge in [-0.15, -0.1) is 0 Å². The maximum absolute atomic E-state index is 13.4. The molecule has 1 aliphatic rings. The molecule has 2 heterocycles. The van der Waals surface area contributed by atoms with Crippen LogP contribution in [0.2, 0.25) is 0 Å². The molecular formula is C33H33N5O3S. The number of amides is 2. The Morgan fingerprint density at radius 3 is 2.17 bits per heavy atom. The Hall–Kier alpha value is -4.60. The lowest BCUT2D eigenvalue weighted by atomic mass is 9.95.